The van der Waals surface area contributed by atoms with Crippen LogP contribution in [0.4, 0.5) is 0 Å². The van der Waals surface area contributed by atoms with Crippen LogP contribution >= 0.6 is 0 Å². The van der Waals surface area contributed by atoms with Gasteiger partial charge in [0.2, 0.25) is 0 Å². The summed E-state index contributed by atoms with van der Waals surface area (Å²) >= 11 is 0. The van der Waals surface area contributed by atoms with Crippen LogP contribution in [-0.4, -0.2) is 39.0 Å². The number of ether oxygens (including phenoxy) is 2. The summed E-state index contributed by atoms with van der Waals surface area (Å²) in [6.45, 7) is 7.33. The summed E-state index contributed by atoms with van der Waals surface area (Å²) < 4.78 is 11.2. The van der Waals surface area contributed by atoms with Gasteiger partial charge in [0.15, 0.2) is 0 Å². The van der Waals surface area contributed by atoms with Gasteiger partial charge in [-0.2, -0.15) is 0 Å². The molecule has 1 N–H and O–H groups in total. The normalized spacial score (nSPS) is 35.4. The van der Waals surface area contributed by atoms with E-state index >= 15 is 0 Å². The van der Waals surface area contributed by atoms with Gasteiger partial charge >= 0.3 is 0 Å². The fraction of sp³-hybridized carbons (Fsp3) is 1.00. The number of nitrogens with one attached hydrogen (secondary N) is 1. The Kier molecular flexibility index (Phi) is 5.07. The van der Waals surface area contributed by atoms with Crippen LogP contribution < -0.4 is 5.32 Å². The highest BCUT2D eigenvalue weighted by molar-refractivity contribution is 4.77. The molecule has 0 aliphatic carbocycles. The van der Waals surface area contributed by atoms with Gasteiger partial charge in [0.05, 0.1) is 12.7 Å². The maximum atomic E-state index is 5.69. The summed E-state index contributed by atoms with van der Waals surface area (Å²) in [4.78, 5) is 0. The van der Waals surface area contributed by atoms with E-state index in [0.717, 1.165) is 51.2 Å². The summed E-state index contributed by atoms with van der Waals surface area (Å²) in [6.07, 6.45) is 5.43. The average molecular weight is 227 g/mol. The van der Waals surface area contributed by atoms with E-state index in [9.17, 15) is 0 Å². The predicted molar refractivity (Wildman–Crippen MR) is 64.6 cm³/mol. The molecule has 94 valence electrons. The van der Waals surface area contributed by atoms with E-state index in [1.54, 1.807) is 0 Å². The van der Waals surface area contributed by atoms with Crippen molar-refractivity contribution in [2.75, 3.05) is 32.9 Å². The lowest BCUT2D eigenvalue weighted by Gasteiger charge is -2.24. The minimum Gasteiger partial charge on any atom is -0.381 e. The molecule has 2 fully saturated rings. The van der Waals surface area contributed by atoms with Crippen molar-refractivity contribution >= 4 is 0 Å². The van der Waals surface area contributed by atoms with Gasteiger partial charge in [-0.25, -0.2) is 0 Å². The molecule has 0 radical (unpaired) electrons. The molecule has 3 heteroatoms. The highest BCUT2D eigenvalue weighted by Crippen LogP contribution is 2.22. The highest BCUT2D eigenvalue weighted by atomic mass is 16.5. The van der Waals surface area contributed by atoms with Crippen molar-refractivity contribution < 1.29 is 9.47 Å². The van der Waals surface area contributed by atoms with Gasteiger partial charge in [0, 0.05) is 26.3 Å². The Hall–Kier alpha value is -0.120. The third-order valence-electron chi connectivity index (χ3n) is 3.84. The standard InChI is InChI=1S/C13H25NO2/c1-2-13-12(5-7-16-13)9-14-8-11-4-3-6-15-10-11/h11-14H,2-10H2,1H3. The predicted octanol–water partition coefficient (Wildman–Crippen LogP) is 1.82. The molecule has 2 rings (SSSR count). The minimum atomic E-state index is 0.495. The van der Waals surface area contributed by atoms with Crippen molar-refractivity contribution in [1.82, 2.24) is 5.32 Å². The van der Waals surface area contributed by atoms with E-state index in [4.69, 9.17) is 9.47 Å². The lowest BCUT2D eigenvalue weighted by atomic mass is 9.98. The monoisotopic (exact) mass is 227 g/mol. The maximum absolute atomic E-state index is 5.69. The fourth-order valence-electron chi connectivity index (χ4n) is 2.82. The molecule has 2 saturated heterocycles. The van der Waals surface area contributed by atoms with Gasteiger partial charge in [-0.15, -0.1) is 0 Å². The molecule has 0 aromatic carbocycles. The highest BCUT2D eigenvalue weighted by Gasteiger charge is 2.26. The summed E-state index contributed by atoms with van der Waals surface area (Å²) in [5.41, 5.74) is 0. The third kappa shape index (κ3) is 3.44. The third-order valence-corrected chi connectivity index (χ3v) is 3.84. The van der Waals surface area contributed by atoms with E-state index in [-0.39, 0.29) is 0 Å². The second-order valence-electron chi connectivity index (χ2n) is 5.11. The van der Waals surface area contributed by atoms with Gasteiger partial charge in [-0.05, 0) is 37.5 Å². The Morgan fingerprint density at radius 1 is 1.19 bits per heavy atom. The second kappa shape index (κ2) is 6.58. The van der Waals surface area contributed by atoms with Crippen LogP contribution in [0.2, 0.25) is 0 Å². The average Bonchev–Trinajstić information content (AvgIpc) is 2.78. The van der Waals surface area contributed by atoms with E-state index < -0.39 is 0 Å². The molecular weight excluding hydrogens is 202 g/mol. The summed E-state index contributed by atoms with van der Waals surface area (Å²) in [5, 5.41) is 3.60. The molecule has 2 aliphatic heterocycles. The first-order valence-electron chi connectivity index (χ1n) is 6.80. The molecule has 0 amide bonds. The summed E-state index contributed by atoms with van der Waals surface area (Å²) in [5.74, 6) is 1.46. The van der Waals surface area contributed by atoms with Crippen LogP contribution in [-0.2, 0) is 9.47 Å². The van der Waals surface area contributed by atoms with Crippen molar-refractivity contribution in [3.63, 3.8) is 0 Å². The van der Waals surface area contributed by atoms with Gasteiger partial charge in [-0.3, -0.25) is 0 Å². The first-order chi connectivity index (χ1) is 7.90. The van der Waals surface area contributed by atoms with E-state index in [2.05, 4.69) is 12.2 Å². The minimum absolute atomic E-state index is 0.495. The number of hydrogen-bond donors (Lipinski definition) is 1. The second-order valence-corrected chi connectivity index (χ2v) is 5.11. The molecule has 3 unspecified atom stereocenters. The van der Waals surface area contributed by atoms with E-state index in [1.165, 1.54) is 19.3 Å². The Balaban J connectivity index is 1.59. The molecule has 2 heterocycles. The molecule has 0 bridgehead atoms. The van der Waals surface area contributed by atoms with Crippen molar-refractivity contribution in [2.45, 2.75) is 38.7 Å². The Labute approximate surface area is 98.9 Å². The quantitative estimate of drug-likeness (QED) is 0.777. The molecular formula is C13H25NO2. The zero-order valence-corrected chi connectivity index (χ0v) is 10.4. The molecule has 3 atom stereocenters. The zero-order valence-electron chi connectivity index (χ0n) is 10.4. The fourth-order valence-corrected chi connectivity index (χ4v) is 2.82. The molecule has 0 aromatic heterocycles. The van der Waals surface area contributed by atoms with Gasteiger partial charge in [0.25, 0.3) is 0 Å². The molecule has 0 aromatic rings. The topological polar surface area (TPSA) is 30.5 Å². The molecule has 2 aliphatic rings. The summed E-state index contributed by atoms with van der Waals surface area (Å²) in [7, 11) is 0. The van der Waals surface area contributed by atoms with Crippen LogP contribution in [0.25, 0.3) is 0 Å². The van der Waals surface area contributed by atoms with Crippen LogP contribution in [0.1, 0.15) is 32.6 Å². The van der Waals surface area contributed by atoms with Crippen molar-refractivity contribution in [3.05, 3.63) is 0 Å². The molecule has 16 heavy (non-hydrogen) atoms. The zero-order chi connectivity index (χ0) is 11.2. The van der Waals surface area contributed by atoms with Crippen molar-refractivity contribution in [3.8, 4) is 0 Å². The summed E-state index contributed by atoms with van der Waals surface area (Å²) in [6, 6.07) is 0. The van der Waals surface area contributed by atoms with Crippen LogP contribution in [0.3, 0.4) is 0 Å². The number of rotatable bonds is 5. The number of hydrogen-bond acceptors (Lipinski definition) is 3. The molecule has 3 nitrogen and oxygen atoms in total. The van der Waals surface area contributed by atoms with E-state index in [0.29, 0.717) is 6.10 Å². The molecule has 0 spiro atoms. The Morgan fingerprint density at radius 2 is 2.12 bits per heavy atom. The van der Waals surface area contributed by atoms with Crippen LogP contribution in [0.5, 0.6) is 0 Å². The van der Waals surface area contributed by atoms with E-state index in [1.807, 2.05) is 0 Å². The SMILES string of the molecule is CCC1OCCC1CNCC1CCCOC1. The lowest BCUT2D eigenvalue weighted by Crippen LogP contribution is -2.34. The van der Waals surface area contributed by atoms with Crippen molar-refractivity contribution in [2.24, 2.45) is 11.8 Å². The van der Waals surface area contributed by atoms with Crippen LogP contribution in [0, 0.1) is 11.8 Å². The van der Waals surface area contributed by atoms with Crippen LogP contribution in [0.15, 0.2) is 0 Å². The first kappa shape index (κ1) is 12.3. The Bertz CT molecular complexity index is 192. The van der Waals surface area contributed by atoms with Gasteiger partial charge in [0.1, 0.15) is 0 Å². The smallest absolute Gasteiger partial charge is 0.0613 e. The van der Waals surface area contributed by atoms with Gasteiger partial charge in [-0.1, -0.05) is 6.92 Å². The lowest BCUT2D eigenvalue weighted by molar-refractivity contribution is 0.0532. The van der Waals surface area contributed by atoms with Gasteiger partial charge < -0.3 is 14.8 Å². The maximum Gasteiger partial charge on any atom is 0.0613 e. The van der Waals surface area contributed by atoms with Crippen molar-refractivity contribution in [1.29, 1.82) is 0 Å². The first-order valence-corrected chi connectivity index (χ1v) is 6.80. The Morgan fingerprint density at radius 3 is 2.88 bits per heavy atom. The molecule has 0 saturated carbocycles. The largest absolute Gasteiger partial charge is 0.381 e.